The molecule has 2 aliphatic rings. The van der Waals surface area contributed by atoms with Crippen molar-refractivity contribution in [3.05, 3.63) is 30.1 Å². The molecule has 2 fully saturated rings. The van der Waals surface area contributed by atoms with Crippen LogP contribution in [0.4, 0.5) is 10.1 Å². The van der Waals surface area contributed by atoms with Crippen molar-refractivity contribution in [1.82, 2.24) is 4.90 Å². The predicted molar refractivity (Wildman–Crippen MR) is 106 cm³/mol. The average molecular weight is 398 g/mol. The highest BCUT2D eigenvalue weighted by atomic mass is 35.5. The van der Waals surface area contributed by atoms with Gasteiger partial charge in [-0.1, -0.05) is 18.9 Å². The molecule has 1 aromatic carbocycles. The first kappa shape index (κ1) is 21.6. The van der Waals surface area contributed by atoms with E-state index >= 15 is 0 Å². The normalized spacial score (nSPS) is 26.2. The van der Waals surface area contributed by atoms with Crippen LogP contribution in [-0.4, -0.2) is 35.3 Å². The number of nitrogens with two attached hydrogens (primary N) is 1. The van der Waals surface area contributed by atoms with Crippen molar-refractivity contribution in [3.8, 4) is 0 Å². The van der Waals surface area contributed by atoms with Crippen LogP contribution in [0, 0.1) is 17.7 Å². The Morgan fingerprint density at radius 1 is 1.22 bits per heavy atom. The largest absolute Gasteiger partial charge is 0.342 e. The third kappa shape index (κ3) is 5.20. The third-order valence-corrected chi connectivity index (χ3v) is 5.82. The van der Waals surface area contributed by atoms with Gasteiger partial charge in [0.25, 0.3) is 0 Å². The molecule has 1 aliphatic heterocycles. The molecule has 2 unspecified atom stereocenters. The number of piperidine rings is 1. The van der Waals surface area contributed by atoms with Crippen molar-refractivity contribution in [1.29, 1.82) is 0 Å². The number of benzene rings is 1. The number of rotatable bonds is 3. The van der Waals surface area contributed by atoms with Gasteiger partial charge >= 0.3 is 0 Å². The number of nitrogens with one attached hydrogen (secondary N) is 1. The van der Waals surface area contributed by atoms with Crippen LogP contribution in [0.3, 0.4) is 0 Å². The van der Waals surface area contributed by atoms with Gasteiger partial charge in [-0.05, 0) is 50.8 Å². The molecule has 2 atom stereocenters. The molecule has 0 spiro atoms. The highest BCUT2D eigenvalue weighted by molar-refractivity contribution is 5.92. The van der Waals surface area contributed by atoms with Gasteiger partial charge in [0.2, 0.25) is 11.8 Å². The Labute approximate surface area is 166 Å². The van der Waals surface area contributed by atoms with Gasteiger partial charge in [-0.3, -0.25) is 9.59 Å². The first-order valence-electron chi connectivity index (χ1n) is 9.51. The molecule has 1 saturated carbocycles. The van der Waals surface area contributed by atoms with Crippen LogP contribution in [-0.2, 0) is 9.59 Å². The molecule has 0 aromatic heterocycles. The van der Waals surface area contributed by atoms with E-state index in [1.54, 1.807) is 12.1 Å². The molecular weight excluding hydrogens is 369 g/mol. The minimum Gasteiger partial charge on any atom is -0.342 e. The van der Waals surface area contributed by atoms with Crippen molar-refractivity contribution in [2.24, 2.45) is 17.6 Å². The summed E-state index contributed by atoms with van der Waals surface area (Å²) in [6.45, 7) is 3.13. The molecule has 27 heavy (non-hydrogen) atoms. The molecule has 0 radical (unpaired) electrons. The fourth-order valence-corrected chi connectivity index (χ4v) is 4.16. The summed E-state index contributed by atoms with van der Waals surface area (Å²) in [6.07, 6.45) is 5.12. The lowest BCUT2D eigenvalue weighted by Gasteiger charge is -2.41. The van der Waals surface area contributed by atoms with Crippen LogP contribution in [0.25, 0.3) is 0 Å². The lowest BCUT2D eigenvalue weighted by atomic mass is 9.73. The highest BCUT2D eigenvalue weighted by Gasteiger charge is 2.40. The molecule has 1 heterocycles. The van der Waals surface area contributed by atoms with E-state index in [0.717, 1.165) is 25.7 Å². The van der Waals surface area contributed by atoms with Crippen molar-refractivity contribution < 1.29 is 14.0 Å². The molecule has 1 aromatic rings. The fourth-order valence-electron chi connectivity index (χ4n) is 4.16. The summed E-state index contributed by atoms with van der Waals surface area (Å²) in [7, 11) is 0. The quantitative estimate of drug-likeness (QED) is 0.821. The summed E-state index contributed by atoms with van der Waals surface area (Å²) in [6, 6.07) is 5.89. The monoisotopic (exact) mass is 397 g/mol. The van der Waals surface area contributed by atoms with Gasteiger partial charge in [-0.2, -0.15) is 0 Å². The Balaban J connectivity index is 0.00000261. The molecule has 7 heteroatoms. The molecule has 150 valence electrons. The van der Waals surface area contributed by atoms with Crippen LogP contribution < -0.4 is 11.1 Å². The van der Waals surface area contributed by atoms with Gasteiger partial charge < -0.3 is 16.0 Å². The molecule has 2 amide bonds. The van der Waals surface area contributed by atoms with Gasteiger partial charge in [0.15, 0.2) is 0 Å². The van der Waals surface area contributed by atoms with Gasteiger partial charge in [0.1, 0.15) is 5.82 Å². The number of carbonyl (C=O) groups excluding carboxylic acids is 2. The maximum atomic E-state index is 13.2. The summed E-state index contributed by atoms with van der Waals surface area (Å²) in [5, 5.41) is 2.77. The number of halogens is 2. The van der Waals surface area contributed by atoms with Crippen LogP contribution in [0.1, 0.15) is 45.4 Å². The predicted octanol–water partition coefficient (Wildman–Crippen LogP) is 3.33. The van der Waals surface area contributed by atoms with Crippen LogP contribution in [0.5, 0.6) is 0 Å². The minimum absolute atomic E-state index is 0. The number of hydrogen-bond acceptors (Lipinski definition) is 3. The second kappa shape index (κ2) is 9.02. The molecule has 1 aliphatic carbocycles. The second-order valence-corrected chi connectivity index (χ2v) is 7.90. The van der Waals surface area contributed by atoms with E-state index in [1.807, 2.05) is 11.8 Å². The van der Waals surface area contributed by atoms with E-state index in [1.165, 1.54) is 12.1 Å². The summed E-state index contributed by atoms with van der Waals surface area (Å²) >= 11 is 0. The molecule has 3 rings (SSSR count). The van der Waals surface area contributed by atoms with Crippen molar-refractivity contribution >= 4 is 29.9 Å². The first-order valence-corrected chi connectivity index (χ1v) is 9.51. The summed E-state index contributed by atoms with van der Waals surface area (Å²) in [4.78, 5) is 27.1. The first-order chi connectivity index (χ1) is 12.4. The van der Waals surface area contributed by atoms with E-state index in [2.05, 4.69) is 5.32 Å². The number of nitrogens with zero attached hydrogens (tertiary/aromatic N) is 1. The van der Waals surface area contributed by atoms with Gasteiger partial charge in [0, 0.05) is 30.2 Å². The fraction of sp³-hybridized carbons (Fsp3) is 0.600. The lowest BCUT2D eigenvalue weighted by molar-refractivity contribution is -0.141. The molecule has 1 saturated heterocycles. The molecule has 5 nitrogen and oxygen atoms in total. The van der Waals surface area contributed by atoms with E-state index in [9.17, 15) is 14.0 Å². The standard InChI is InChI=1S/C20H28FN3O2.ClH/c1-20(22)10-3-2-7-17(20)19(26)24-11-8-14(9-12-24)18(25)23-16-6-4-5-15(21)13-16;/h4-6,13-14,17H,2-3,7-12,22H2,1H3,(H,23,25);1H. The van der Waals surface area contributed by atoms with Crippen LogP contribution >= 0.6 is 12.4 Å². The topological polar surface area (TPSA) is 75.4 Å². The van der Waals surface area contributed by atoms with Gasteiger partial charge in [-0.25, -0.2) is 4.39 Å². The molecule has 3 N–H and O–H groups in total. The average Bonchev–Trinajstić information content (AvgIpc) is 2.61. The van der Waals surface area contributed by atoms with E-state index in [4.69, 9.17) is 5.73 Å². The van der Waals surface area contributed by atoms with Crippen LogP contribution in [0.15, 0.2) is 24.3 Å². The highest BCUT2D eigenvalue weighted by Crippen LogP contribution is 2.34. The number of likely N-dealkylation sites (tertiary alicyclic amines) is 1. The Hall–Kier alpha value is -1.66. The smallest absolute Gasteiger partial charge is 0.227 e. The van der Waals surface area contributed by atoms with Gasteiger partial charge in [0.05, 0.1) is 5.92 Å². The van der Waals surface area contributed by atoms with Crippen LogP contribution in [0.2, 0.25) is 0 Å². The zero-order valence-corrected chi connectivity index (χ0v) is 16.6. The Morgan fingerprint density at radius 2 is 1.93 bits per heavy atom. The third-order valence-electron chi connectivity index (χ3n) is 5.82. The molecular formula is C20H29ClFN3O2. The minimum atomic E-state index is -0.430. The maximum absolute atomic E-state index is 13.2. The summed E-state index contributed by atoms with van der Waals surface area (Å²) in [5.41, 5.74) is 6.40. The summed E-state index contributed by atoms with van der Waals surface area (Å²) < 4.78 is 13.2. The molecule has 0 bridgehead atoms. The maximum Gasteiger partial charge on any atom is 0.227 e. The van der Waals surface area contributed by atoms with Crippen molar-refractivity contribution in [2.45, 2.75) is 51.0 Å². The van der Waals surface area contributed by atoms with E-state index in [-0.39, 0.29) is 41.9 Å². The van der Waals surface area contributed by atoms with E-state index < -0.39 is 5.54 Å². The second-order valence-electron chi connectivity index (χ2n) is 7.90. The Kier molecular flexibility index (Phi) is 7.23. The SMILES string of the molecule is CC1(N)CCCCC1C(=O)N1CCC(C(=O)Nc2cccc(F)c2)CC1.Cl. The zero-order chi connectivity index (χ0) is 18.7. The number of carbonyl (C=O) groups is 2. The Morgan fingerprint density at radius 3 is 2.56 bits per heavy atom. The number of hydrogen-bond donors (Lipinski definition) is 2. The number of amides is 2. The van der Waals surface area contributed by atoms with Crippen molar-refractivity contribution in [2.75, 3.05) is 18.4 Å². The van der Waals surface area contributed by atoms with Gasteiger partial charge in [-0.15, -0.1) is 12.4 Å². The summed E-state index contributed by atoms with van der Waals surface area (Å²) in [5.74, 6) is -0.616. The Bertz CT molecular complexity index is 675. The van der Waals surface area contributed by atoms with E-state index in [0.29, 0.717) is 31.6 Å². The zero-order valence-electron chi connectivity index (χ0n) is 15.7. The number of anilines is 1. The lowest BCUT2D eigenvalue weighted by Crippen LogP contribution is -2.55. The van der Waals surface area contributed by atoms with Crippen molar-refractivity contribution in [3.63, 3.8) is 0 Å².